The van der Waals surface area contributed by atoms with Crippen LogP contribution in [0.3, 0.4) is 0 Å². The Morgan fingerprint density at radius 1 is 0.953 bits per heavy atom. The van der Waals surface area contributed by atoms with Crippen molar-refractivity contribution in [2.75, 3.05) is 6.54 Å². The van der Waals surface area contributed by atoms with E-state index in [1.54, 1.807) is 12.1 Å². The highest BCUT2D eigenvalue weighted by molar-refractivity contribution is 7.21. The first-order chi connectivity index (χ1) is 20.9. The summed E-state index contributed by atoms with van der Waals surface area (Å²) in [6, 6.07) is 28.0. The van der Waals surface area contributed by atoms with Crippen LogP contribution >= 0.6 is 11.3 Å². The number of carboxylic acid groups (broad SMARTS) is 1. The molecule has 43 heavy (non-hydrogen) atoms. The number of rotatable bonds is 6. The molecule has 214 valence electrons. The van der Waals surface area contributed by atoms with E-state index in [1.807, 2.05) is 70.1 Å². The molecule has 1 aliphatic rings. The van der Waals surface area contributed by atoms with Crippen molar-refractivity contribution in [1.29, 1.82) is 0 Å². The fourth-order valence-electron chi connectivity index (χ4n) is 6.18. The average molecular weight is 590 g/mol. The van der Waals surface area contributed by atoms with E-state index in [4.69, 9.17) is 4.98 Å². The largest absolute Gasteiger partial charge is 0.477 e. The second-order valence-electron chi connectivity index (χ2n) is 11.0. The van der Waals surface area contributed by atoms with Gasteiger partial charge in [0, 0.05) is 29.1 Å². The van der Waals surface area contributed by atoms with Crippen molar-refractivity contribution in [1.82, 2.24) is 14.5 Å². The monoisotopic (exact) mass is 589 g/mol. The third kappa shape index (κ3) is 4.87. The fourth-order valence-corrected chi connectivity index (χ4v) is 7.25. The number of nitrogens with zero attached hydrogens (tertiary/aromatic N) is 3. The van der Waals surface area contributed by atoms with Crippen molar-refractivity contribution in [2.24, 2.45) is 0 Å². The minimum Gasteiger partial charge on any atom is -0.477 e. The minimum atomic E-state index is -0.987. The molecule has 3 aromatic heterocycles. The quantitative estimate of drug-likeness (QED) is 0.213. The van der Waals surface area contributed by atoms with Crippen molar-refractivity contribution < 1.29 is 19.1 Å². The molecule has 0 aliphatic carbocycles. The molecule has 6 nitrogen and oxygen atoms in total. The van der Waals surface area contributed by atoms with E-state index >= 15 is 0 Å². The predicted molar refractivity (Wildman–Crippen MR) is 169 cm³/mol. The van der Waals surface area contributed by atoms with Gasteiger partial charge in [-0.1, -0.05) is 54.6 Å². The Balaban J connectivity index is 1.43. The van der Waals surface area contributed by atoms with Gasteiger partial charge >= 0.3 is 5.97 Å². The summed E-state index contributed by atoms with van der Waals surface area (Å²) in [6.45, 7) is 2.91. The molecule has 0 radical (unpaired) electrons. The summed E-state index contributed by atoms with van der Waals surface area (Å²) in [5, 5.41) is 10.8. The molecular weight excluding hydrogens is 561 g/mol. The third-order valence-electron chi connectivity index (χ3n) is 8.26. The summed E-state index contributed by atoms with van der Waals surface area (Å²) >= 11 is 1.23. The number of aromatic carboxylic acids is 1. The first kappa shape index (κ1) is 27.0. The van der Waals surface area contributed by atoms with Gasteiger partial charge in [0.1, 0.15) is 17.2 Å². The molecule has 3 aromatic carbocycles. The van der Waals surface area contributed by atoms with Crippen LogP contribution in [0.5, 0.6) is 0 Å². The summed E-state index contributed by atoms with van der Waals surface area (Å²) in [4.78, 5) is 32.7. The first-order valence-electron chi connectivity index (χ1n) is 14.3. The molecule has 7 rings (SSSR count). The number of pyridine rings is 1. The van der Waals surface area contributed by atoms with Gasteiger partial charge in [0.15, 0.2) is 0 Å². The SMILES string of the molecule is CC1CCCN1C(=O)Cn1c(-c2ccc3nc(-c4cccc(F)c4)ccc3c2)c(-c2ccccc2)c2sc(C(=O)O)cc21. The molecular formula is C35H28FN3O3S. The number of carbonyl (C=O) groups excluding carboxylic acids is 1. The molecule has 1 saturated heterocycles. The highest BCUT2D eigenvalue weighted by Gasteiger charge is 2.29. The second kappa shape index (κ2) is 10.8. The maximum atomic E-state index is 13.9. The Morgan fingerprint density at radius 3 is 2.51 bits per heavy atom. The molecule has 6 aromatic rings. The van der Waals surface area contributed by atoms with Crippen molar-refractivity contribution in [3.63, 3.8) is 0 Å². The van der Waals surface area contributed by atoms with E-state index in [0.717, 1.165) is 62.9 Å². The molecule has 1 unspecified atom stereocenters. The van der Waals surface area contributed by atoms with Crippen LogP contribution in [0, 0.1) is 5.82 Å². The van der Waals surface area contributed by atoms with E-state index in [-0.39, 0.29) is 29.2 Å². The van der Waals surface area contributed by atoms with Crippen LogP contribution in [-0.4, -0.2) is 44.0 Å². The van der Waals surface area contributed by atoms with Crippen molar-refractivity contribution in [2.45, 2.75) is 32.4 Å². The highest BCUT2D eigenvalue weighted by Crippen LogP contribution is 2.45. The van der Waals surface area contributed by atoms with E-state index in [2.05, 4.69) is 13.0 Å². The third-order valence-corrected chi connectivity index (χ3v) is 9.39. The van der Waals surface area contributed by atoms with Crippen molar-refractivity contribution in [3.8, 4) is 33.6 Å². The number of fused-ring (bicyclic) bond motifs is 2. The van der Waals surface area contributed by atoms with E-state index in [9.17, 15) is 19.1 Å². The zero-order valence-electron chi connectivity index (χ0n) is 23.5. The Morgan fingerprint density at radius 2 is 1.77 bits per heavy atom. The predicted octanol–water partition coefficient (Wildman–Crippen LogP) is 8.10. The number of carboxylic acids is 1. The summed E-state index contributed by atoms with van der Waals surface area (Å²) in [5.74, 6) is -1.28. The lowest BCUT2D eigenvalue weighted by Crippen LogP contribution is -2.36. The molecule has 1 aliphatic heterocycles. The molecule has 0 bridgehead atoms. The summed E-state index contributed by atoms with van der Waals surface area (Å²) in [6.07, 6.45) is 1.96. The molecule has 4 heterocycles. The lowest BCUT2D eigenvalue weighted by molar-refractivity contribution is -0.132. The highest BCUT2D eigenvalue weighted by atomic mass is 32.1. The number of aromatic nitrogens is 2. The smallest absolute Gasteiger partial charge is 0.345 e. The number of carbonyl (C=O) groups is 2. The number of amides is 1. The fraction of sp³-hybridized carbons (Fsp3) is 0.171. The van der Waals surface area contributed by atoms with E-state index < -0.39 is 5.97 Å². The van der Waals surface area contributed by atoms with Crippen LogP contribution in [0.25, 0.3) is 54.8 Å². The Kier molecular flexibility index (Phi) is 6.78. The van der Waals surface area contributed by atoms with Gasteiger partial charge in [0.05, 0.1) is 27.1 Å². The van der Waals surface area contributed by atoms with Gasteiger partial charge in [0.25, 0.3) is 0 Å². The zero-order valence-corrected chi connectivity index (χ0v) is 24.3. The van der Waals surface area contributed by atoms with E-state index in [0.29, 0.717) is 11.3 Å². The molecule has 0 spiro atoms. The lowest BCUT2D eigenvalue weighted by atomic mass is 9.99. The van der Waals surface area contributed by atoms with Crippen LogP contribution in [0.4, 0.5) is 4.39 Å². The Bertz CT molecular complexity index is 2030. The molecule has 1 N–H and O–H groups in total. The maximum Gasteiger partial charge on any atom is 0.345 e. The van der Waals surface area contributed by atoms with Crippen LogP contribution in [0.1, 0.15) is 29.4 Å². The van der Waals surface area contributed by atoms with Gasteiger partial charge in [-0.05, 0) is 67.3 Å². The first-order valence-corrected chi connectivity index (χ1v) is 15.1. The van der Waals surface area contributed by atoms with Gasteiger partial charge in [0.2, 0.25) is 5.91 Å². The van der Waals surface area contributed by atoms with Gasteiger partial charge in [-0.3, -0.25) is 4.79 Å². The number of hydrogen-bond acceptors (Lipinski definition) is 4. The lowest BCUT2D eigenvalue weighted by Gasteiger charge is -2.23. The Labute approximate surface area is 251 Å². The summed E-state index contributed by atoms with van der Waals surface area (Å²) in [7, 11) is 0. The molecule has 1 fully saturated rings. The van der Waals surface area contributed by atoms with Gasteiger partial charge in [-0.25, -0.2) is 14.2 Å². The van der Waals surface area contributed by atoms with Gasteiger partial charge in [-0.15, -0.1) is 11.3 Å². The standard InChI is InChI=1S/C35H28FN3O3S/c1-21-7-6-16-38(21)31(40)20-39-29-19-30(35(41)42)43-34(29)32(22-8-3-2-4-9-22)33(39)25-13-15-28-24(17-25)12-14-27(37-28)23-10-5-11-26(36)18-23/h2-5,8-15,17-19,21H,6-7,16,20H2,1H3,(H,41,42). The van der Waals surface area contributed by atoms with Gasteiger partial charge in [-0.2, -0.15) is 0 Å². The van der Waals surface area contributed by atoms with E-state index in [1.165, 1.54) is 23.5 Å². The number of likely N-dealkylation sites (tertiary alicyclic amines) is 1. The summed E-state index contributed by atoms with van der Waals surface area (Å²) < 4.78 is 16.7. The zero-order chi connectivity index (χ0) is 29.7. The van der Waals surface area contributed by atoms with Crippen LogP contribution in [0.15, 0.2) is 91.0 Å². The van der Waals surface area contributed by atoms with Crippen LogP contribution in [-0.2, 0) is 11.3 Å². The Hall–Kier alpha value is -4.82. The number of hydrogen-bond donors (Lipinski definition) is 1. The normalized spacial score (nSPS) is 15.0. The molecule has 8 heteroatoms. The summed E-state index contributed by atoms with van der Waals surface area (Å²) in [5.41, 5.74) is 6.49. The van der Waals surface area contributed by atoms with Crippen LogP contribution in [0.2, 0.25) is 0 Å². The number of benzene rings is 3. The van der Waals surface area contributed by atoms with Crippen molar-refractivity contribution >= 4 is 44.3 Å². The average Bonchev–Trinajstić information content (AvgIpc) is 3.72. The topological polar surface area (TPSA) is 75.4 Å². The maximum absolute atomic E-state index is 13.9. The molecule has 0 saturated carbocycles. The number of thiophene rings is 1. The molecule has 1 atom stereocenters. The number of halogens is 1. The second-order valence-corrected chi connectivity index (χ2v) is 12.1. The van der Waals surface area contributed by atoms with Gasteiger partial charge < -0.3 is 14.6 Å². The van der Waals surface area contributed by atoms with Crippen LogP contribution < -0.4 is 0 Å². The minimum absolute atomic E-state index is 0.0213. The van der Waals surface area contributed by atoms with Crippen molar-refractivity contribution in [3.05, 3.63) is 102 Å². The molecule has 1 amide bonds.